The van der Waals surface area contributed by atoms with Crippen molar-refractivity contribution in [3.05, 3.63) is 144 Å². The highest BCUT2D eigenvalue weighted by Crippen LogP contribution is 2.27. The van der Waals surface area contributed by atoms with Gasteiger partial charge in [-0.2, -0.15) is 0 Å². The summed E-state index contributed by atoms with van der Waals surface area (Å²) in [6, 6.07) is 18.4. The van der Waals surface area contributed by atoms with E-state index in [2.05, 4.69) is 35.2 Å². The zero-order valence-corrected chi connectivity index (χ0v) is 26.5. The van der Waals surface area contributed by atoms with Crippen molar-refractivity contribution in [1.82, 2.24) is 29.9 Å². The van der Waals surface area contributed by atoms with Crippen LogP contribution in [-0.4, -0.2) is 54.0 Å². The number of nitrogens with two attached hydrogens (primary N) is 1. The molecule has 0 atom stereocenters. The molecule has 0 aliphatic heterocycles. The number of benzene rings is 2. The third-order valence-corrected chi connectivity index (χ3v) is 6.30. The van der Waals surface area contributed by atoms with Gasteiger partial charge >= 0.3 is 5.97 Å². The Morgan fingerprint density at radius 2 is 1.20 bits per heavy atom. The summed E-state index contributed by atoms with van der Waals surface area (Å²) in [5, 5.41) is 11.0. The minimum Gasteiger partial charge on any atom is -0.477 e. The van der Waals surface area contributed by atoms with E-state index in [1.165, 1.54) is 55.0 Å². The molecule has 11 nitrogen and oxygen atoms in total. The van der Waals surface area contributed by atoms with Gasteiger partial charge in [-0.05, 0) is 82.9 Å². The molecule has 0 aliphatic carbocycles. The summed E-state index contributed by atoms with van der Waals surface area (Å²) in [5.41, 5.74) is 10.1. The molecule has 0 radical (unpaired) electrons. The summed E-state index contributed by atoms with van der Waals surface area (Å²) in [7, 11) is -1.00. The van der Waals surface area contributed by atoms with Gasteiger partial charge in [-0.25, -0.2) is 33.5 Å². The zero-order valence-electron chi connectivity index (χ0n) is 26.0. The lowest BCUT2D eigenvalue weighted by atomic mass is 10.1. The van der Waals surface area contributed by atoms with Gasteiger partial charge in [0.2, 0.25) is 10.6 Å². The number of carbonyl (C=O) groups is 2. The first-order chi connectivity index (χ1) is 24.0. The standard InChI is InChI=1S/C16H10ClFN4O.C11H9FN2.C5H3ClN2O2.CH3F/c17-16-20-8-6-13(22-16)15(23)21-14-9-19-7-5-12(14)10-1-3-11(18)4-2-10;12-9-3-1-8(2-4-9)10-5-6-14-7-11(10)13;6-5-7-2-1-3(8-5)4(9)10;1-2/h1-9H,(H,21,23);1-7H,13H2;1-2H,(H,9,10);1H3/i;;;1D. The Bertz CT molecular complexity index is 2010. The van der Waals surface area contributed by atoms with Crippen molar-refractivity contribution < 1.29 is 29.2 Å². The molecular formula is C33H25Cl2F3N8O3. The van der Waals surface area contributed by atoms with Crippen molar-refractivity contribution in [2.24, 2.45) is 0 Å². The van der Waals surface area contributed by atoms with Crippen LogP contribution in [0.5, 0.6) is 0 Å². The molecule has 49 heavy (non-hydrogen) atoms. The lowest BCUT2D eigenvalue weighted by Gasteiger charge is -2.10. The van der Waals surface area contributed by atoms with Gasteiger partial charge in [-0.1, -0.05) is 24.3 Å². The molecule has 4 heterocycles. The fraction of sp³-hybridized carbons (Fsp3) is 0.0303. The number of nitrogen functional groups attached to an aromatic ring is 1. The van der Waals surface area contributed by atoms with Gasteiger partial charge in [0.25, 0.3) is 5.91 Å². The molecule has 16 heteroatoms. The summed E-state index contributed by atoms with van der Waals surface area (Å²) < 4.78 is 41.2. The van der Waals surface area contributed by atoms with Crippen molar-refractivity contribution in [2.75, 3.05) is 18.2 Å². The summed E-state index contributed by atoms with van der Waals surface area (Å²) in [6.07, 6.45) is 9.04. The highest BCUT2D eigenvalue weighted by atomic mass is 35.5. The summed E-state index contributed by atoms with van der Waals surface area (Å²) >= 11 is 11.0. The number of pyridine rings is 2. The van der Waals surface area contributed by atoms with Crippen molar-refractivity contribution in [2.45, 2.75) is 0 Å². The van der Waals surface area contributed by atoms with E-state index in [4.69, 9.17) is 35.4 Å². The Labute approximate surface area is 289 Å². The van der Waals surface area contributed by atoms with Crippen LogP contribution in [0.25, 0.3) is 22.3 Å². The number of nitrogens with zero attached hydrogens (tertiary/aromatic N) is 6. The first-order valence-electron chi connectivity index (χ1n) is 14.2. The molecule has 0 unspecified atom stereocenters. The lowest BCUT2D eigenvalue weighted by Crippen LogP contribution is -2.14. The van der Waals surface area contributed by atoms with Crippen LogP contribution in [0, 0.1) is 11.6 Å². The van der Waals surface area contributed by atoms with Crippen LogP contribution >= 0.6 is 23.2 Å². The number of rotatable bonds is 5. The molecule has 6 aromatic rings. The van der Waals surface area contributed by atoms with E-state index in [-0.39, 0.29) is 33.6 Å². The molecule has 250 valence electrons. The summed E-state index contributed by atoms with van der Waals surface area (Å²) in [5.74, 6) is -2.12. The molecule has 4 N–H and O–H groups in total. The van der Waals surface area contributed by atoms with Gasteiger partial charge in [0.05, 0.1) is 32.3 Å². The largest absolute Gasteiger partial charge is 0.477 e. The average Bonchev–Trinajstić information content (AvgIpc) is 3.11. The van der Waals surface area contributed by atoms with Gasteiger partial charge in [0.1, 0.15) is 17.3 Å². The number of carboxylic acids is 1. The number of amides is 1. The number of anilines is 2. The van der Waals surface area contributed by atoms with E-state index < -0.39 is 19.0 Å². The molecule has 0 fully saturated rings. The Hall–Kier alpha value is -5.99. The first kappa shape index (κ1) is 35.9. The van der Waals surface area contributed by atoms with Gasteiger partial charge < -0.3 is 16.2 Å². The lowest BCUT2D eigenvalue weighted by molar-refractivity contribution is 0.0690. The number of aromatic carboxylic acids is 1. The predicted molar refractivity (Wildman–Crippen MR) is 180 cm³/mol. The van der Waals surface area contributed by atoms with Crippen molar-refractivity contribution in [1.29, 1.82) is 0 Å². The number of halogens is 5. The molecule has 0 aliphatic rings. The minimum atomic E-state index is -1.11. The number of carbonyl (C=O) groups excluding carboxylic acids is 1. The van der Waals surface area contributed by atoms with Crippen molar-refractivity contribution in [3.8, 4) is 22.3 Å². The smallest absolute Gasteiger partial charge is 0.354 e. The van der Waals surface area contributed by atoms with Gasteiger partial charge in [0.15, 0.2) is 5.69 Å². The highest BCUT2D eigenvalue weighted by Gasteiger charge is 2.12. The van der Waals surface area contributed by atoms with Crippen molar-refractivity contribution in [3.63, 3.8) is 0 Å². The maximum Gasteiger partial charge on any atom is 0.354 e. The van der Waals surface area contributed by atoms with Crippen LogP contribution in [-0.2, 0) is 0 Å². The van der Waals surface area contributed by atoms with Crippen LogP contribution in [0.1, 0.15) is 22.3 Å². The number of hydrogen-bond acceptors (Lipinski definition) is 9. The van der Waals surface area contributed by atoms with Gasteiger partial charge in [0, 0.05) is 35.9 Å². The summed E-state index contributed by atoms with van der Waals surface area (Å²) in [6.45, 7) is 0. The molecule has 6 rings (SSSR count). The number of aromatic nitrogens is 6. The average molecular weight is 711 g/mol. The third-order valence-electron chi connectivity index (χ3n) is 5.94. The van der Waals surface area contributed by atoms with Crippen LogP contribution < -0.4 is 11.1 Å². The van der Waals surface area contributed by atoms with E-state index in [0.29, 0.717) is 16.9 Å². The SMILES string of the molecule is Nc1cnccc1-c1ccc(F)cc1.O=C(Nc1cnccc1-c1ccc(F)cc1)c1ccnc(Cl)n1.O=C(O)c1ccnc(Cl)n1.[2H]CF. The second-order valence-corrected chi connectivity index (χ2v) is 9.76. The van der Waals surface area contributed by atoms with Crippen LogP contribution in [0.15, 0.2) is 110 Å². The Kier molecular flexibility index (Phi) is 13.9. The van der Waals surface area contributed by atoms with E-state index >= 15 is 0 Å². The normalized spacial score (nSPS) is 10.0. The molecule has 0 saturated carbocycles. The van der Waals surface area contributed by atoms with Crippen LogP contribution in [0.2, 0.25) is 10.6 Å². The quantitative estimate of drug-likeness (QED) is 0.153. The zero-order chi connectivity index (χ0) is 36.5. The fourth-order valence-electron chi connectivity index (χ4n) is 3.78. The molecular weight excluding hydrogens is 684 g/mol. The predicted octanol–water partition coefficient (Wildman–Crippen LogP) is 7.47. The molecule has 2 aromatic carbocycles. The second kappa shape index (κ2) is 19.0. The van der Waals surface area contributed by atoms with Gasteiger partial charge in [-0.15, -0.1) is 0 Å². The minimum absolute atomic E-state index is 0.0115. The number of hydrogen-bond donors (Lipinski definition) is 3. The van der Waals surface area contributed by atoms with Crippen molar-refractivity contribution >= 4 is 46.5 Å². The fourth-order valence-corrected chi connectivity index (χ4v) is 4.07. The van der Waals surface area contributed by atoms with Crippen LogP contribution in [0.3, 0.4) is 0 Å². The molecule has 4 aromatic heterocycles. The molecule has 1 amide bonds. The maximum atomic E-state index is 13.1. The van der Waals surface area contributed by atoms with E-state index in [0.717, 1.165) is 16.7 Å². The Morgan fingerprint density at radius 3 is 1.69 bits per heavy atom. The Balaban J connectivity index is 0.000000213. The highest BCUT2D eigenvalue weighted by molar-refractivity contribution is 6.28. The number of nitrogens with one attached hydrogen (secondary N) is 1. The molecule has 0 saturated heterocycles. The Morgan fingerprint density at radius 1 is 0.735 bits per heavy atom. The van der Waals surface area contributed by atoms with Crippen LogP contribution in [0.4, 0.5) is 24.5 Å². The summed E-state index contributed by atoms with van der Waals surface area (Å²) in [4.78, 5) is 44.9. The second-order valence-electron chi connectivity index (χ2n) is 9.08. The molecule has 0 bridgehead atoms. The van der Waals surface area contributed by atoms with Gasteiger partial charge in [-0.3, -0.25) is 19.2 Å². The number of alkyl halides is 1. The topological polar surface area (TPSA) is 170 Å². The monoisotopic (exact) mass is 709 g/mol. The molecule has 0 spiro atoms. The first-order valence-corrected chi connectivity index (χ1v) is 14.3. The number of carboxylic acid groups (broad SMARTS) is 1. The maximum absolute atomic E-state index is 13.1. The van der Waals surface area contributed by atoms with E-state index in [1.807, 2.05) is 6.07 Å². The van der Waals surface area contributed by atoms with E-state index in [1.54, 1.807) is 48.9 Å². The third kappa shape index (κ3) is 11.6. The van der Waals surface area contributed by atoms with E-state index in [9.17, 15) is 22.8 Å².